The van der Waals surface area contributed by atoms with Crippen molar-refractivity contribution in [1.82, 2.24) is 10.2 Å². The molecule has 112 valence electrons. The number of benzene rings is 1. The zero-order valence-corrected chi connectivity index (χ0v) is 13.5. The van der Waals surface area contributed by atoms with Gasteiger partial charge in [-0.1, -0.05) is 38.1 Å². The molecule has 1 aromatic carbocycles. The molecule has 0 amide bonds. The Hall–Kier alpha value is -0.860. The van der Waals surface area contributed by atoms with Gasteiger partial charge in [-0.25, -0.2) is 0 Å². The molecule has 0 saturated carbocycles. The maximum absolute atomic E-state index is 3.51. The minimum Gasteiger partial charge on any atom is -0.312 e. The number of nitrogens with one attached hydrogen (secondary N) is 1. The van der Waals surface area contributed by atoms with Gasteiger partial charge in [0.15, 0.2) is 0 Å². The molecule has 2 nitrogen and oxygen atoms in total. The molecule has 1 aliphatic rings. The molecule has 0 bridgehead atoms. The fourth-order valence-electron chi connectivity index (χ4n) is 3.45. The molecule has 0 radical (unpaired) electrons. The van der Waals surface area contributed by atoms with Crippen LogP contribution < -0.4 is 5.32 Å². The van der Waals surface area contributed by atoms with Crippen LogP contribution in [0.2, 0.25) is 0 Å². The smallest absolute Gasteiger partial charge is 0.0447 e. The first-order valence-corrected chi connectivity index (χ1v) is 8.21. The lowest BCUT2D eigenvalue weighted by Gasteiger charge is -2.32. The molecule has 3 atom stereocenters. The van der Waals surface area contributed by atoms with Crippen molar-refractivity contribution >= 4 is 0 Å². The van der Waals surface area contributed by atoms with E-state index in [4.69, 9.17) is 0 Å². The van der Waals surface area contributed by atoms with Gasteiger partial charge in [-0.15, -0.1) is 0 Å². The summed E-state index contributed by atoms with van der Waals surface area (Å²) in [6, 6.07) is 11.1. The van der Waals surface area contributed by atoms with Crippen LogP contribution in [0, 0.1) is 0 Å². The molecule has 1 saturated heterocycles. The SMILES string of the molecule is CCc1ccc(C(CN2C(C)CCC2CC)NC)cc1. The first-order valence-electron chi connectivity index (χ1n) is 8.21. The van der Waals surface area contributed by atoms with Gasteiger partial charge in [0.25, 0.3) is 0 Å². The van der Waals surface area contributed by atoms with Crippen molar-refractivity contribution in [3.8, 4) is 0 Å². The van der Waals surface area contributed by atoms with Crippen molar-refractivity contribution in [3.63, 3.8) is 0 Å². The van der Waals surface area contributed by atoms with Crippen LogP contribution in [0.4, 0.5) is 0 Å². The lowest BCUT2D eigenvalue weighted by molar-refractivity contribution is 0.179. The summed E-state index contributed by atoms with van der Waals surface area (Å²) in [6.07, 6.45) is 5.10. The molecular weight excluding hydrogens is 244 g/mol. The van der Waals surface area contributed by atoms with E-state index >= 15 is 0 Å². The molecule has 1 N–H and O–H groups in total. The molecule has 1 aromatic rings. The van der Waals surface area contributed by atoms with Gasteiger partial charge in [-0.05, 0) is 50.8 Å². The number of nitrogens with zero attached hydrogens (tertiary/aromatic N) is 1. The van der Waals surface area contributed by atoms with E-state index in [1.165, 1.54) is 30.4 Å². The summed E-state index contributed by atoms with van der Waals surface area (Å²) in [5.74, 6) is 0. The second-order valence-corrected chi connectivity index (χ2v) is 6.12. The summed E-state index contributed by atoms with van der Waals surface area (Å²) >= 11 is 0. The number of likely N-dealkylation sites (tertiary alicyclic amines) is 1. The Morgan fingerprint density at radius 2 is 1.90 bits per heavy atom. The first-order chi connectivity index (χ1) is 9.69. The lowest BCUT2D eigenvalue weighted by atomic mass is 10.0. The quantitative estimate of drug-likeness (QED) is 0.849. The summed E-state index contributed by atoms with van der Waals surface area (Å²) < 4.78 is 0. The van der Waals surface area contributed by atoms with Crippen LogP contribution in [0.15, 0.2) is 24.3 Å². The van der Waals surface area contributed by atoms with Crippen LogP contribution in [-0.2, 0) is 6.42 Å². The normalized spacial score (nSPS) is 25.0. The Balaban J connectivity index is 2.07. The van der Waals surface area contributed by atoms with E-state index in [-0.39, 0.29) is 0 Å². The van der Waals surface area contributed by atoms with Crippen LogP contribution in [0.25, 0.3) is 0 Å². The standard InChI is InChI=1S/C18H30N2/c1-5-15-8-10-16(11-9-15)18(19-4)13-20-14(3)7-12-17(20)6-2/h8-11,14,17-19H,5-7,12-13H2,1-4H3. The minimum absolute atomic E-state index is 0.440. The van der Waals surface area contributed by atoms with Crippen LogP contribution in [0.3, 0.4) is 0 Å². The van der Waals surface area contributed by atoms with Crippen LogP contribution in [0.1, 0.15) is 57.2 Å². The summed E-state index contributed by atoms with van der Waals surface area (Å²) in [5, 5.41) is 3.51. The molecule has 0 aromatic heterocycles. The molecule has 2 heteroatoms. The Labute approximate surface area is 124 Å². The predicted octanol–water partition coefficient (Wildman–Crippen LogP) is 3.77. The summed E-state index contributed by atoms with van der Waals surface area (Å²) in [6.45, 7) is 8.03. The number of hydrogen-bond donors (Lipinski definition) is 1. The Morgan fingerprint density at radius 3 is 2.45 bits per heavy atom. The van der Waals surface area contributed by atoms with Gasteiger partial charge in [0, 0.05) is 24.7 Å². The monoisotopic (exact) mass is 274 g/mol. The average Bonchev–Trinajstić information content (AvgIpc) is 2.85. The molecule has 0 spiro atoms. The van der Waals surface area contributed by atoms with Crippen molar-refractivity contribution in [1.29, 1.82) is 0 Å². The van der Waals surface area contributed by atoms with Gasteiger partial charge in [-0.2, -0.15) is 0 Å². The summed E-state index contributed by atoms with van der Waals surface area (Å²) in [7, 11) is 2.08. The maximum Gasteiger partial charge on any atom is 0.0447 e. The van der Waals surface area contributed by atoms with Gasteiger partial charge in [0.05, 0.1) is 0 Å². The number of rotatable bonds is 6. The highest BCUT2D eigenvalue weighted by atomic mass is 15.2. The van der Waals surface area contributed by atoms with Crippen molar-refractivity contribution in [2.24, 2.45) is 0 Å². The maximum atomic E-state index is 3.51. The average molecular weight is 274 g/mol. The molecular formula is C18H30N2. The van der Waals surface area contributed by atoms with E-state index in [1.807, 2.05) is 0 Å². The second-order valence-electron chi connectivity index (χ2n) is 6.12. The van der Waals surface area contributed by atoms with Gasteiger partial charge in [0.1, 0.15) is 0 Å². The fraction of sp³-hybridized carbons (Fsp3) is 0.667. The van der Waals surface area contributed by atoms with Crippen LogP contribution in [0.5, 0.6) is 0 Å². The highest BCUT2D eigenvalue weighted by Crippen LogP contribution is 2.28. The molecule has 0 aliphatic carbocycles. The number of aryl methyl sites for hydroxylation is 1. The predicted molar refractivity (Wildman–Crippen MR) is 87.1 cm³/mol. The lowest BCUT2D eigenvalue weighted by Crippen LogP contribution is -2.40. The van der Waals surface area contributed by atoms with E-state index in [0.29, 0.717) is 6.04 Å². The van der Waals surface area contributed by atoms with E-state index in [2.05, 4.69) is 62.3 Å². The molecule has 3 unspecified atom stereocenters. The molecule has 1 heterocycles. The number of hydrogen-bond acceptors (Lipinski definition) is 2. The molecule has 2 rings (SSSR count). The van der Waals surface area contributed by atoms with Gasteiger partial charge in [0.2, 0.25) is 0 Å². The van der Waals surface area contributed by atoms with Gasteiger partial charge in [-0.3, -0.25) is 4.90 Å². The first kappa shape index (κ1) is 15.5. The highest BCUT2D eigenvalue weighted by molar-refractivity contribution is 5.25. The van der Waals surface area contributed by atoms with Gasteiger partial charge >= 0.3 is 0 Å². The third-order valence-electron chi connectivity index (χ3n) is 4.96. The van der Waals surface area contributed by atoms with E-state index in [1.54, 1.807) is 0 Å². The third-order valence-corrected chi connectivity index (χ3v) is 4.96. The van der Waals surface area contributed by atoms with Crippen molar-refractivity contribution in [3.05, 3.63) is 35.4 Å². The minimum atomic E-state index is 0.440. The van der Waals surface area contributed by atoms with Crippen molar-refractivity contribution in [2.45, 2.75) is 64.6 Å². The Bertz CT molecular complexity index is 398. The summed E-state index contributed by atoms with van der Waals surface area (Å²) in [4.78, 5) is 2.70. The topological polar surface area (TPSA) is 15.3 Å². The second kappa shape index (κ2) is 7.24. The zero-order chi connectivity index (χ0) is 14.5. The largest absolute Gasteiger partial charge is 0.312 e. The van der Waals surface area contributed by atoms with E-state index < -0.39 is 0 Å². The fourth-order valence-corrected chi connectivity index (χ4v) is 3.45. The molecule has 1 fully saturated rings. The highest BCUT2D eigenvalue weighted by Gasteiger charge is 2.30. The van der Waals surface area contributed by atoms with Crippen molar-refractivity contribution < 1.29 is 0 Å². The summed E-state index contributed by atoms with van der Waals surface area (Å²) in [5.41, 5.74) is 2.84. The number of likely N-dealkylation sites (N-methyl/N-ethyl adjacent to an activating group) is 1. The van der Waals surface area contributed by atoms with Crippen molar-refractivity contribution in [2.75, 3.05) is 13.6 Å². The molecule has 1 aliphatic heterocycles. The van der Waals surface area contributed by atoms with Crippen LogP contribution >= 0.6 is 0 Å². The van der Waals surface area contributed by atoms with E-state index in [0.717, 1.165) is 25.0 Å². The van der Waals surface area contributed by atoms with Crippen LogP contribution in [-0.4, -0.2) is 30.6 Å². The third kappa shape index (κ3) is 3.42. The van der Waals surface area contributed by atoms with Gasteiger partial charge < -0.3 is 5.32 Å². The Kier molecular flexibility index (Phi) is 5.62. The zero-order valence-electron chi connectivity index (χ0n) is 13.5. The Morgan fingerprint density at radius 1 is 1.20 bits per heavy atom. The molecule has 20 heavy (non-hydrogen) atoms. The van der Waals surface area contributed by atoms with E-state index in [9.17, 15) is 0 Å².